The number of fused-ring (bicyclic) bond motifs is 1. The van der Waals surface area contributed by atoms with Crippen molar-refractivity contribution in [3.05, 3.63) is 29.5 Å². The van der Waals surface area contributed by atoms with E-state index < -0.39 is 0 Å². The predicted molar refractivity (Wildman–Crippen MR) is 81.2 cm³/mol. The number of nitrogens with one attached hydrogen (secondary N) is 1. The van der Waals surface area contributed by atoms with E-state index in [4.69, 9.17) is 4.74 Å². The van der Waals surface area contributed by atoms with Crippen LogP contribution in [0.4, 0.5) is 5.69 Å². The van der Waals surface area contributed by atoms with Crippen molar-refractivity contribution < 1.29 is 4.74 Å². The first-order chi connectivity index (χ1) is 9.17. The van der Waals surface area contributed by atoms with Crippen LogP contribution in [0.1, 0.15) is 31.5 Å². The third-order valence-electron chi connectivity index (χ3n) is 3.27. The molecule has 2 rings (SSSR count). The highest BCUT2D eigenvalue weighted by atomic mass is 16.5. The summed E-state index contributed by atoms with van der Waals surface area (Å²) in [5.41, 5.74) is 4.47. The average Bonchev–Trinajstić information content (AvgIpc) is 2.42. The highest BCUT2D eigenvalue weighted by Gasteiger charge is 2.09. The van der Waals surface area contributed by atoms with Crippen LogP contribution < -0.4 is 10.1 Å². The van der Waals surface area contributed by atoms with Gasteiger partial charge in [0.25, 0.3) is 0 Å². The Morgan fingerprint density at radius 3 is 2.68 bits per heavy atom. The van der Waals surface area contributed by atoms with E-state index in [-0.39, 0.29) is 0 Å². The lowest BCUT2D eigenvalue weighted by Crippen LogP contribution is -2.03. The van der Waals surface area contributed by atoms with Crippen molar-refractivity contribution in [1.82, 2.24) is 4.98 Å². The van der Waals surface area contributed by atoms with Crippen LogP contribution in [0.2, 0.25) is 0 Å². The van der Waals surface area contributed by atoms with Crippen molar-refractivity contribution in [3.63, 3.8) is 0 Å². The molecule has 0 unspecified atom stereocenters. The number of benzene rings is 1. The fourth-order valence-electron chi connectivity index (χ4n) is 2.17. The van der Waals surface area contributed by atoms with Crippen LogP contribution in [0, 0.1) is 13.8 Å². The summed E-state index contributed by atoms with van der Waals surface area (Å²) in [6.45, 7) is 10.0. The maximum atomic E-state index is 5.71. The van der Waals surface area contributed by atoms with E-state index in [2.05, 4.69) is 44.1 Å². The lowest BCUT2D eigenvalue weighted by atomic mass is 10.1. The van der Waals surface area contributed by atoms with Crippen molar-refractivity contribution in [1.29, 1.82) is 0 Å². The van der Waals surface area contributed by atoms with Gasteiger partial charge in [0.05, 0.1) is 12.1 Å². The fourth-order valence-corrected chi connectivity index (χ4v) is 2.17. The molecular weight excluding hydrogens is 236 g/mol. The Kier molecular flexibility index (Phi) is 4.25. The maximum Gasteiger partial charge on any atom is 0.120 e. The Bertz CT molecular complexity index is 578. The molecule has 0 saturated heterocycles. The van der Waals surface area contributed by atoms with Gasteiger partial charge in [-0.05, 0) is 51.0 Å². The molecule has 0 radical (unpaired) electrons. The van der Waals surface area contributed by atoms with Gasteiger partial charge in [-0.25, -0.2) is 0 Å². The summed E-state index contributed by atoms with van der Waals surface area (Å²) in [7, 11) is 0. The van der Waals surface area contributed by atoms with Gasteiger partial charge < -0.3 is 10.1 Å². The van der Waals surface area contributed by atoms with Gasteiger partial charge in [0.15, 0.2) is 0 Å². The monoisotopic (exact) mass is 258 g/mol. The first-order valence-electron chi connectivity index (χ1n) is 6.95. The van der Waals surface area contributed by atoms with Gasteiger partial charge in [-0.15, -0.1) is 0 Å². The zero-order valence-corrected chi connectivity index (χ0v) is 12.2. The molecule has 0 saturated carbocycles. The quantitative estimate of drug-likeness (QED) is 0.877. The van der Waals surface area contributed by atoms with Gasteiger partial charge in [-0.1, -0.05) is 6.92 Å². The first-order valence-corrected chi connectivity index (χ1v) is 6.95. The number of pyridine rings is 1. The van der Waals surface area contributed by atoms with Gasteiger partial charge in [-0.3, -0.25) is 4.98 Å². The number of anilines is 1. The molecule has 1 aromatic carbocycles. The standard InChI is InChI=1S/C16H22N2O/c1-5-9-19-13-7-8-15-14(10-13)16(17-6-2)11(3)12(4)18-15/h7-8,10H,5-6,9H2,1-4H3,(H,17,18). The summed E-state index contributed by atoms with van der Waals surface area (Å²) >= 11 is 0. The number of aromatic nitrogens is 1. The van der Waals surface area contributed by atoms with Crippen molar-refractivity contribution in [3.8, 4) is 5.75 Å². The molecule has 1 N–H and O–H groups in total. The summed E-state index contributed by atoms with van der Waals surface area (Å²) in [6, 6.07) is 6.12. The minimum atomic E-state index is 0.750. The molecule has 0 aliphatic carbocycles. The van der Waals surface area contributed by atoms with Crippen LogP contribution in [0.3, 0.4) is 0 Å². The van der Waals surface area contributed by atoms with E-state index >= 15 is 0 Å². The Balaban J connectivity index is 2.54. The molecule has 0 spiro atoms. The van der Waals surface area contributed by atoms with Gasteiger partial charge in [0, 0.05) is 23.3 Å². The number of hydrogen-bond donors (Lipinski definition) is 1. The molecular formula is C16H22N2O. The van der Waals surface area contributed by atoms with E-state index in [1.54, 1.807) is 0 Å². The summed E-state index contributed by atoms with van der Waals surface area (Å²) in [4.78, 5) is 4.64. The van der Waals surface area contributed by atoms with Crippen molar-refractivity contribution in [2.45, 2.75) is 34.1 Å². The minimum absolute atomic E-state index is 0.750. The van der Waals surface area contributed by atoms with E-state index in [1.165, 1.54) is 11.3 Å². The lowest BCUT2D eigenvalue weighted by molar-refractivity contribution is 0.318. The average molecular weight is 258 g/mol. The number of aryl methyl sites for hydroxylation is 1. The maximum absolute atomic E-state index is 5.71. The predicted octanol–water partition coefficient (Wildman–Crippen LogP) is 4.07. The summed E-state index contributed by atoms with van der Waals surface area (Å²) in [6.07, 6.45) is 1.02. The van der Waals surface area contributed by atoms with Gasteiger partial charge in [0.2, 0.25) is 0 Å². The van der Waals surface area contributed by atoms with Crippen LogP contribution in [-0.2, 0) is 0 Å². The van der Waals surface area contributed by atoms with E-state index in [0.717, 1.165) is 41.9 Å². The first kappa shape index (κ1) is 13.7. The second-order valence-corrected chi connectivity index (χ2v) is 4.75. The zero-order valence-electron chi connectivity index (χ0n) is 12.2. The summed E-state index contributed by atoms with van der Waals surface area (Å²) in [5.74, 6) is 0.915. The number of nitrogens with zero attached hydrogens (tertiary/aromatic N) is 1. The lowest BCUT2D eigenvalue weighted by Gasteiger charge is -2.14. The number of ether oxygens (including phenoxy) is 1. The van der Waals surface area contributed by atoms with E-state index in [1.807, 2.05) is 12.1 Å². The second-order valence-electron chi connectivity index (χ2n) is 4.75. The molecule has 1 heterocycles. The Morgan fingerprint density at radius 2 is 2.00 bits per heavy atom. The molecule has 3 heteroatoms. The molecule has 102 valence electrons. The van der Waals surface area contributed by atoms with Gasteiger partial charge in [0.1, 0.15) is 5.75 Å². The Hall–Kier alpha value is -1.77. The van der Waals surface area contributed by atoms with Crippen LogP contribution in [0.15, 0.2) is 18.2 Å². The molecule has 1 aromatic heterocycles. The third-order valence-corrected chi connectivity index (χ3v) is 3.27. The van der Waals surface area contributed by atoms with Gasteiger partial charge >= 0.3 is 0 Å². The summed E-state index contributed by atoms with van der Waals surface area (Å²) in [5, 5.41) is 4.58. The molecule has 0 bridgehead atoms. The van der Waals surface area contributed by atoms with Gasteiger partial charge in [-0.2, -0.15) is 0 Å². The summed E-state index contributed by atoms with van der Waals surface area (Å²) < 4.78 is 5.71. The van der Waals surface area contributed by atoms with Crippen molar-refractivity contribution in [2.24, 2.45) is 0 Å². The van der Waals surface area contributed by atoms with E-state index in [0.29, 0.717) is 0 Å². The zero-order chi connectivity index (χ0) is 13.8. The molecule has 19 heavy (non-hydrogen) atoms. The number of hydrogen-bond acceptors (Lipinski definition) is 3. The van der Waals surface area contributed by atoms with Crippen molar-refractivity contribution >= 4 is 16.6 Å². The molecule has 3 nitrogen and oxygen atoms in total. The molecule has 0 fully saturated rings. The molecule has 0 aliphatic rings. The van der Waals surface area contributed by atoms with E-state index in [9.17, 15) is 0 Å². The smallest absolute Gasteiger partial charge is 0.120 e. The second kappa shape index (κ2) is 5.91. The third kappa shape index (κ3) is 2.80. The van der Waals surface area contributed by atoms with Crippen molar-refractivity contribution in [2.75, 3.05) is 18.5 Å². The Labute approximate surface area is 115 Å². The Morgan fingerprint density at radius 1 is 1.21 bits per heavy atom. The number of rotatable bonds is 5. The topological polar surface area (TPSA) is 34.1 Å². The SMILES string of the molecule is CCCOc1ccc2nc(C)c(C)c(NCC)c2c1. The normalized spacial score (nSPS) is 10.7. The molecule has 2 aromatic rings. The largest absolute Gasteiger partial charge is 0.494 e. The molecule has 0 aliphatic heterocycles. The van der Waals surface area contributed by atoms with Crippen LogP contribution >= 0.6 is 0 Å². The molecule has 0 amide bonds. The van der Waals surface area contributed by atoms with Crippen LogP contribution in [0.5, 0.6) is 5.75 Å². The highest BCUT2D eigenvalue weighted by Crippen LogP contribution is 2.30. The molecule has 0 atom stereocenters. The fraction of sp³-hybridized carbons (Fsp3) is 0.438. The van der Waals surface area contributed by atoms with Crippen LogP contribution in [0.25, 0.3) is 10.9 Å². The minimum Gasteiger partial charge on any atom is -0.494 e. The highest BCUT2D eigenvalue weighted by molar-refractivity contribution is 5.94. The van der Waals surface area contributed by atoms with Crippen LogP contribution in [-0.4, -0.2) is 18.1 Å².